The van der Waals surface area contributed by atoms with Gasteiger partial charge in [0.05, 0.1) is 6.61 Å². The van der Waals surface area contributed by atoms with Gasteiger partial charge in [-0.15, -0.1) is 13.2 Å². The summed E-state index contributed by atoms with van der Waals surface area (Å²) >= 11 is 0. The standard InChI is InChI=1S/C24H45N3O3/c1-3-5-7-9-11-13-15-23(29)25-17-19-27(21-22-28)20-18-26-24(30)16-14-12-10-8-6-4-2/h3-4,28H,1-2,5-22H2,(H,25,29)(H,26,30). The summed E-state index contributed by atoms with van der Waals surface area (Å²) in [7, 11) is 0. The number of aliphatic hydroxyl groups is 1. The lowest BCUT2D eigenvalue weighted by molar-refractivity contribution is -0.121. The molecule has 3 N–H and O–H groups in total. The first-order chi connectivity index (χ1) is 14.6. The molecule has 0 aliphatic rings. The highest BCUT2D eigenvalue weighted by Gasteiger charge is 2.07. The highest BCUT2D eigenvalue weighted by atomic mass is 16.3. The van der Waals surface area contributed by atoms with E-state index < -0.39 is 0 Å². The number of aliphatic hydroxyl groups excluding tert-OH is 1. The van der Waals surface area contributed by atoms with Crippen molar-refractivity contribution in [3.8, 4) is 0 Å². The molecular formula is C24H45N3O3. The van der Waals surface area contributed by atoms with Crippen LogP contribution in [0.2, 0.25) is 0 Å². The van der Waals surface area contributed by atoms with Crippen LogP contribution in [0.5, 0.6) is 0 Å². The van der Waals surface area contributed by atoms with Crippen molar-refractivity contribution in [2.75, 3.05) is 39.3 Å². The monoisotopic (exact) mass is 423 g/mol. The Balaban J connectivity index is 3.76. The maximum atomic E-state index is 11.9. The molecular weight excluding hydrogens is 378 g/mol. The molecule has 0 heterocycles. The van der Waals surface area contributed by atoms with Gasteiger partial charge >= 0.3 is 0 Å². The summed E-state index contributed by atoms with van der Waals surface area (Å²) in [5, 5.41) is 15.1. The predicted octanol–water partition coefficient (Wildman–Crippen LogP) is 3.57. The van der Waals surface area contributed by atoms with Gasteiger partial charge in [0, 0.05) is 45.6 Å². The first-order valence-corrected chi connectivity index (χ1v) is 11.7. The Hall–Kier alpha value is -1.66. The minimum Gasteiger partial charge on any atom is -0.395 e. The van der Waals surface area contributed by atoms with Crippen LogP contribution in [0.3, 0.4) is 0 Å². The molecule has 0 aromatic carbocycles. The number of hydrogen-bond acceptors (Lipinski definition) is 4. The Morgan fingerprint density at radius 1 is 0.700 bits per heavy atom. The molecule has 0 saturated heterocycles. The fourth-order valence-corrected chi connectivity index (χ4v) is 3.22. The van der Waals surface area contributed by atoms with Crippen molar-refractivity contribution in [1.82, 2.24) is 15.5 Å². The van der Waals surface area contributed by atoms with Crippen LogP contribution in [0.15, 0.2) is 25.3 Å². The second-order valence-corrected chi connectivity index (χ2v) is 7.75. The normalized spacial score (nSPS) is 10.7. The molecule has 6 nitrogen and oxygen atoms in total. The van der Waals surface area contributed by atoms with E-state index in [9.17, 15) is 14.7 Å². The smallest absolute Gasteiger partial charge is 0.220 e. The first-order valence-electron chi connectivity index (χ1n) is 11.7. The van der Waals surface area contributed by atoms with Crippen LogP contribution in [0.1, 0.15) is 77.0 Å². The van der Waals surface area contributed by atoms with Crippen LogP contribution in [0, 0.1) is 0 Å². The summed E-state index contributed by atoms with van der Waals surface area (Å²) in [6.45, 7) is 10.5. The third-order valence-electron chi connectivity index (χ3n) is 5.04. The summed E-state index contributed by atoms with van der Waals surface area (Å²) in [6.07, 6.45) is 15.7. The number of nitrogens with zero attached hydrogens (tertiary/aromatic N) is 1. The molecule has 174 valence electrons. The van der Waals surface area contributed by atoms with Gasteiger partial charge in [0.1, 0.15) is 0 Å². The molecule has 6 heteroatoms. The molecule has 0 aliphatic heterocycles. The molecule has 0 spiro atoms. The van der Waals surface area contributed by atoms with Gasteiger partial charge in [0.25, 0.3) is 0 Å². The highest BCUT2D eigenvalue weighted by molar-refractivity contribution is 5.76. The number of amides is 2. The highest BCUT2D eigenvalue weighted by Crippen LogP contribution is 2.06. The second-order valence-electron chi connectivity index (χ2n) is 7.75. The van der Waals surface area contributed by atoms with Gasteiger partial charge in [0.15, 0.2) is 0 Å². The first kappa shape index (κ1) is 28.3. The number of carbonyl (C=O) groups excluding carboxylic acids is 2. The molecule has 30 heavy (non-hydrogen) atoms. The minimum absolute atomic E-state index is 0.0668. The predicted molar refractivity (Wildman–Crippen MR) is 125 cm³/mol. The summed E-state index contributed by atoms with van der Waals surface area (Å²) in [4.78, 5) is 25.9. The summed E-state index contributed by atoms with van der Waals surface area (Å²) in [5.41, 5.74) is 0. The van der Waals surface area contributed by atoms with Gasteiger partial charge in [-0.3, -0.25) is 14.5 Å². The quantitative estimate of drug-likeness (QED) is 0.184. The lowest BCUT2D eigenvalue weighted by atomic mass is 10.1. The molecule has 0 unspecified atom stereocenters. The minimum atomic E-state index is 0.0668. The van der Waals surface area contributed by atoms with Crippen LogP contribution in [-0.2, 0) is 9.59 Å². The number of nitrogens with one attached hydrogen (secondary N) is 2. The fourth-order valence-electron chi connectivity index (χ4n) is 3.22. The Morgan fingerprint density at radius 2 is 1.13 bits per heavy atom. The van der Waals surface area contributed by atoms with Crippen molar-refractivity contribution >= 4 is 11.8 Å². The largest absolute Gasteiger partial charge is 0.395 e. The van der Waals surface area contributed by atoms with E-state index in [4.69, 9.17) is 0 Å². The lowest BCUT2D eigenvalue weighted by Gasteiger charge is -2.21. The van der Waals surface area contributed by atoms with Crippen molar-refractivity contribution in [3.05, 3.63) is 25.3 Å². The van der Waals surface area contributed by atoms with Crippen molar-refractivity contribution < 1.29 is 14.7 Å². The Bertz CT molecular complexity index is 417. The zero-order chi connectivity index (χ0) is 22.3. The fraction of sp³-hybridized carbons (Fsp3) is 0.750. The van der Waals surface area contributed by atoms with Crippen molar-refractivity contribution in [2.45, 2.75) is 77.0 Å². The van der Waals surface area contributed by atoms with E-state index in [1.54, 1.807) is 0 Å². The van der Waals surface area contributed by atoms with Gasteiger partial charge in [-0.1, -0.05) is 37.8 Å². The molecule has 0 aromatic heterocycles. The van der Waals surface area contributed by atoms with Gasteiger partial charge < -0.3 is 15.7 Å². The SMILES string of the molecule is C=CCCCCCCC(=O)NCCN(CCO)CCNC(=O)CCCCCCC=C. The van der Waals surface area contributed by atoms with E-state index in [1.165, 1.54) is 0 Å². The molecule has 0 atom stereocenters. The van der Waals surface area contributed by atoms with Crippen LogP contribution in [-0.4, -0.2) is 61.2 Å². The number of hydrogen-bond donors (Lipinski definition) is 3. The second kappa shape index (κ2) is 22.0. The van der Waals surface area contributed by atoms with Gasteiger partial charge in [-0.2, -0.15) is 0 Å². The van der Waals surface area contributed by atoms with Crippen LogP contribution in [0.4, 0.5) is 0 Å². The lowest BCUT2D eigenvalue weighted by Crippen LogP contribution is -2.40. The number of allylic oxidation sites excluding steroid dienone is 2. The van der Waals surface area contributed by atoms with E-state index in [-0.39, 0.29) is 18.4 Å². The molecule has 2 amide bonds. The van der Waals surface area contributed by atoms with E-state index >= 15 is 0 Å². The van der Waals surface area contributed by atoms with Crippen molar-refractivity contribution in [3.63, 3.8) is 0 Å². The Kier molecular flexibility index (Phi) is 20.8. The zero-order valence-corrected chi connectivity index (χ0v) is 19.0. The molecule has 0 aromatic rings. The number of carbonyl (C=O) groups is 2. The van der Waals surface area contributed by atoms with E-state index in [1.807, 2.05) is 12.2 Å². The van der Waals surface area contributed by atoms with E-state index in [2.05, 4.69) is 28.7 Å². The number of rotatable bonds is 22. The van der Waals surface area contributed by atoms with E-state index in [0.717, 1.165) is 64.2 Å². The van der Waals surface area contributed by atoms with Crippen LogP contribution in [0.25, 0.3) is 0 Å². The average Bonchev–Trinajstić information content (AvgIpc) is 2.73. The Morgan fingerprint density at radius 3 is 1.53 bits per heavy atom. The van der Waals surface area contributed by atoms with Gasteiger partial charge in [-0.05, 0) is 38.5 Å². The summed E-state index contributed by atoms with van der Waals surface area (Å²) in [5.74, 6) is 0.174. The molecule has 0 aliphatic carbocycles. The summed E-state index contributed by atoms with van der Waals surface area (Å²) < 4.78 is 0. The third kappa shape index (κ3) is 19.6. The van der Waals surface area contributed by atoms with E-state index in [0.29, 0.717) is 45.6 Å². The van der Waals surface area contributed by atoms with Crippen LogP contribution < -0.4 is 10.6 Å². The molecule has 0 saturated carbocycles. The van der Waals surface area contributed by atoms with Gasteiger partial charge in [0.2, 0.25) is 11.8 Å². The number of unbranched alkanes of at least 4 members (excludes halogenated alkanes) is 8. The maximum Gasteiger partial charge on any atom is 0.220 e. The van der Waals surface area contributed by atoms with Crippen molar-refractivity contribution in [1.29, 1.82) is 0 Å². The van der Waals surface area contributed by atoms with Gasteiger partial charge in [-0.25, -0.2) is 0 Å². The van der Waals surface area contributed by atoms with Crippen molar-refractivity contribution in [2.24, 2.45) is 0 Å². The third-order valence-corrected chi connectivity index (χ3v) is 5.04. The Labute approximate surface area is 184 Å². The summed E-state index contributed by atoms with van der Waals surface area (Å²) in [6, 6.07) is 0. The molecule has 0 rings (SSSR count). The maximum absolute atomic E-state index is 11.9. The molecule has 0 fully saturated rings. The molecule has 0 radical (unpaired) electrons. The zero-order valence-electron chi connectivity index (χ0n) is 19.0. The average molecular weight is 424 g/mol. The van der Waals surface area contributed by atoms with Crippen LogP contribution >= 0.6 is 0 Å². The topological polar surface area (TPSA) is 81.7 Å². The molecule has 0 bridgehead atoms.